The summed E-state index contributed by atoms with van der Waals surface area (Å²) in [5, 5.41) is 4.59. The molecule has 0 saturated heterocycles. The van der Waals surface area contributed by atoms with Crippen LogP contribution in [0.2, 0.25) is 0 Å². The second-order valence-corrected chi connectivity index (χ2v) is 5.09. The lowest BCUT2D eigenvalue weighted by Gasteiger charge is -2.28. The maximum atomic E-state index is 11.0. The third-order valence-corrected chi connectivity index (χ3v) is 2.42. The molecular formula is C7H16N2O4S. The van der Waals surface area contributed by atoms with E-state index in [9.17, 15) is 13.2 Å². The molecule has 3 N–H and O–H groups in total. The number of hydrogen-bond donors (Lipinski definition) is 2. The minimum absolute atomic E-state index is 0.0636. The molecule has 0 unspecified atom stereocenters. The lowest BCUT2D eigenvalue weighted by atomic mass is 9.95. The molecule has 0 spiro atoms. The lowest BCUT2D eigenvalue weighted by molar-refractivity contribution is 0.00835. The first kappa shape index (κ1) is 13.2. The zero-order valence-corrected chi connectivity index (χ0v) is 9.51. The van der Waals surface area contributed by atoms with Crippen molar-refractivity contribution in [2.75, 3.05) is 0 Å². The van der Waals surface area contributed by atoms with E-state index in [0.717, 1.165) is 0 Å². The van der Waals surface area contributed by atoms with Crippen LogP contribution in [0.4, 0.5) is 4.79 Å². The van der Waals surface area contributed by atoms with Crippen molar-refractivity contribution in [2.45, 2.75) is 33.3 Å². The van der Waals surface area contributed by atoms with Crippen LogP contribution in [0.15, 0.2) is 0 Å². The molecule has 1 amide bonds. The highest BCUT2D eigenvalue weighted by molar-refractivity contribution is 7.87. The smallest absolute Gasteiger partial charge is 0.422 e. The monoisotopic (exact) mass is 224 g/mol. The third-order valence-electron chi connectivity index (χ3n) is 1.97. The molecule has 0 bridgehead atoms. The van der Waals surface area contributed by atoms with E-state index in [1.807, 2.05) is 13.8 Å². The molecule has 7 heteroatoms. The maximum absolute atomic E-state index is 11.0. The molecule has 0 radical (unpaired) electrons. The number of hydrogen-bond acceptors (Lipinski definition) is 4. The molecule has 0 aliphatic rings. The molecule has 6 nitrogen and oxygen atoms in total. The summed E-state index contributed by atoms with van der Waals surface area (Å²) < 4.78 is 27.3. The minimum atomic E-state index is -4.05. The molecule has 0 rings (SSSR count). The van der Waals surface area contributed by atoms with Gasteiger partial charge in [-0.25, -0.2) is 14.7 Å². The molecule has 0 aromatic heterocycles. The Hall–Kier alpha value is -0.820. The average Bonchev–Trinajstić information content (AvgIpc) is 1.79. The topological polar surface area (TPSA) is 98.5 Å². The van der Waals surface area contributed by atoms with Crippen LogP contribution in [0, 0.1) is 5.92 Å². The Morgan fingerprint density at radius 1 is 1.43 bits per heavy atom. The highest BCUT2D eigenvalue weighted by Gasteiger charge is 2.27. The molecule has 0 fully saturated rings. The summed E-state index contributed by atoms with van der Waals surface area (Å²) in [6.45, 7) is 7.06. The largest absolute Gasteiger partial charge is 0.443 e. The first-order valence-electron chi connectivity index (χ1n) is 4.08. The molecule has 0 saturated carbocycles. The van der Waals surface area contributed by atoms with Gasteiger partial charge >= 0.3 is 16.3 Å². The molecule has 84 valence electrons. The summed E-state index contributed by atoms with van der Waals surface area (Å²) in [6.07, 6.45) is -1.06. The maximum Gasteiger partial charge on any atom is 0.422 e. The van der Waals surface area contributed by atoms with Gasteiger partial charge in [-0.05, 0) is 19.8 Å². The van der Waals surface area contributed by atoms with E-state index in [-0.39, 0.29) is 5.92 Å². The van der Waals surface area contributed by atoms with Gasteiger partial charge in [-0.1, -0.05) is 13.8 Å². The number of rotatable bonds is 3. The summed E-state index contributed by atoms with van der Waals surface area (Å²) in [6, 6.07) is 0. The summed E-state index contributed by atoms with van der Waals surface area (Å²) in [7, 11) is -4.05. The SMILES string of the molecule is CC(C)C(C)(C)OC(=O)NS(N)(=O)=O. The quantitative estimate of drug-likeness (QED) is 0.722. The van der Waals surface area contributed by atoms with Crippen LogP contribution in [0.3, 0.4) is 0 Å². The van der Waals surface area contributed by atoms with Crippen molar-refractivity contribution in [1.82, 2.24) is 4.72 Å². The van der Waals surface area contributed by atoms with Crippen LogP contribution >= 0.6 is 0 Å². The minimum Gasteiger partial charge on any atom is -0.443 e. The fourth-order valence-corrected chi connectivity index (χ4v) is 0.768. The van der Waals surface area contributed by atoms with Crippen molar-refractivity contribution in [3.05, 3.63) is 0 Å². The van der Waals surface area contributed by atoms with Gasteiger partial charge in [0.05, 0.1) is 0 Å². The molecule has 14 heavy (non-hydrogen) atoms. The number of nitrogens with two attached hydrogens (primary N) is 1. The van der Waals surface area contributed by atoms with Gasteiger partial charge in [0.1, 0.15) is 5.60 Å². The van der Waals surface area contributed by atoms with E-state index in [4.69, 9.17) is 4.74 Å². The Morgan fingerprint density at radius 3 is 2.14 bits per heavy atom. The van der Waals surface area contributed by atoms with Gasteiger partial charge in [0.25, 0.3) is 0 Å². The van der Waals surface area contributed by atoms with Crippen LogP contribution in [-0.4, -0.2) is 20.1 Å². The molecular weight excluding hydrogens is 208 g/mol. The van der Waals surface area contributed by atoms with Crippen molar-refractivity contribution < 1.29 is 17.9 Å². The highest BCUT2D eigenvalue weighted by atomic mass is 32.2. The lowest BCUT2D eigenvalue weighted by Crippen LogP contribution is -2.42. The predicted octanol–water partition coefficient (Wildman–Crippen LogP) is 0.351. The van der Waals surface area contributed by atoms with E-state index in [2.05, 4.69) is 5.14 Å². The predicted molar refractivity (Wildman–Crippen MR) is 51.6 cm³/mol. The van der Waals surface area contributed by atoms with Gasteiger partial charge in [0, 0.05) is 0 Å². The molecule has 0 heterocycles. The van der Waals surface area contributed by atoms with E-state index in [1.165, 1.54) is 4.72 Å². The standard InChI is InChI=1S/C7H16N2O4S/c1-5(2)7(3,4)13-6(10)9-14(8,11)12/h5H,1-4H3,(H,9,10)(H2,8,11,12). The number of amides is 1. The first-order chi connectivity index (χ1) is 6.04. The zero-order chi connectivity index (χ0) is 11.6. The van der Waals surface area contributed by atoms with Gasteiger partial charge in [0.15, 0.2) is 0 Å². The Morgan fingerprint density at radius 2 is 1.86 bits per heavy atom. The van der Waals surface area contributed by atoms with Crippen LogP contribution in [0.5, 0.6) is 0 Å². The van der Waals surface area contributed by atoms with Crippen molar-refractivity contribution in [2.24, 2.45) is 11.1 Å². The summed E-state index contributed by atoms with van der Waals surface area (Å²) in [5.74, 6) is 0.0636. The van der Waals surface area contributed by atoms with Crippen molar-refractivity contribution in [3.63, 3.8) is 0 Å². The number of carbonyl (C=O) groups excluding carboxylic acids is 1. The molecule has 0 aliphatic heterocycles. The summed E-state index contributed by atoms with van der Waals surface area (Å²) >= 11 is 0. The molecule has 0 atom stereocenters. The average molecular weight is 224 g/mol. The first-order valence-corrected chi connectivity index (χ1v) is 5.63. The third kappa shape index (κ3) is 5.03. The van der Waals surface area contributed by atoms with Gasteiger partial charge < -0.3 is 4.74 Å². The highest BCUT2D eigenvalue weighted by Crippen LogP contribution is 2.20. The Balaban J connectivity index is 4.35. The van der Waals surface area contributed by atoms with Crippen molar-refractivity contribution in [3.8, 4) is 0 Å². The van der Waals surface area contributed by atoms with Crippen LogP contribution < -0.4 is 9.86 Å². The molecule has 0 aromatic rings. The van der Waals surface area contributed by atoms with E-state index < -0.39 is 21.9 Å². The van der Waals surface area contributed by atoms with E-state index in [1.54, 1.807) is 13.8 Å². The number of ether oxygens (including phenoxy) is 1. The van der Waals surface area contributed by atoms with Gasteiger partial charge in [0.2, 0.25) is 0 Å². The van der Waals surface area contributed by atoms with Crippen LogP contribution in [0.1, 0.15) is 27.7 Å². The summed E-state index contributed by atoms with van der Waals surface area (Å²) in [4.78, 5) is 11.0. The second-order valence-electron chi connectivity index (χ2n) is 3.79. The van der Waals surface area contributed by atoms with E-state index in [0.29, 0.717) is 0 Å². The van der Waals surface area contributed by atoms with Crippen LogP contribution in [-0.2, 0) is 14.9 Å². The zero-order valence-electron chi connectivity index (χ0n) is 8.70. The fraction of sp³-hybridized carbons (Fsp3) is 0.857. The number of nitrogens with one attached hydrogen (secondary N) is 1. The molecule has 0 aliphatic carbocycles. The van der Waals surface area contributed by atoms with E-state index >= 15 is 0 Å². The van der Waals surface area contributed by atoms with Gasteiger partial charge in [-0.2, -0.15) is 8.42 Å². The van der Waals surface area contributed by atoms with Crippen molar-refractivity contribution >= 4 is 16.3 Å². The van der Waals surface area contributed by atoms with Gasteiger partial charge in [-0.15, -0.1) is 0 Å². The normalized spacial score (nSPS) is 12.7. The van der Waals surface area contributed by atoms with Gasteiger partial charge in [-0.3, -0.25) is 0 Å². The summed E-state index contributed by atoms with van der Waals surface area (Å²) in [5.41, 5.74) is -0.741. The number of carbonyl (C=O) groups is 1. The van der Waals surface area contributed by atoms with Crippen molar-refractivity contribution in [1.29, 1.82) is 0 Å². The molecule has 0 aromatic carbocycles. The fourth-order valence-electron chi connectivity index (χ4n) is 0.494. The Labute approximate surface area is 84.0 Å². The second kappa shape index (κ2) is 4.14. The Bertz CT molecular complexity index is 308. The Kier molecular flexibility index (Phi) is 3.90. The van der Waals surface area contributed by atoms with Crippen LogP contribution in [0.25, 0.3) is 0 Å².